The number of rotatable bonds is 1. The van der Waals surface area contributed by atoms with Crippen LogP contribution in [0.15, 0.2) is 0 Å². The average Bonchev–Trinajstić information content (AvgIpc) is 2.14. The van der Waals surface area contributed by atoms with Crippen LogP contribution >= 0.6 is 0 Å². The summed E-state index contributed by atoms with van der Waals surface area (Å²) in [6, 6.07) is 0. The highest BCUT2D eigenvalue weighted by atomic mass is 16.1. The van der Waals surface area contributed by atoms with Gasteiger partial charge in [0.05, 0.1) is 0 Å². The highest BCUT2D eigenvalue weighted by molar-refractivity contribution is 5.78. The second kappa shape index (κ2) is 3.75. The number of carbonyl (C=O) groups excluding carboxylic acids is 1. The lowest BCUT2D eigenvalue weighted by atomic mass is 9.98. The van der Waals surface area contributed by atoms with Crippen molar-refractivity contribution in [3.63, 3.8) is 0 Å². The van der Waals surface area contributed by atoms with Crippen LogP contribution in [0.4, 0.5) is 0 Å². The molecule has 0 aromatic heterocycles. The second-order valence-electron chi connectivity index (χ2n) is 3.24. The standard InChI is InChI=1S/C9H16O/c1-2-8-4-3-5-9(10)7-6-8/h8H,2-7H2,1H3. The van der Waals surface area contributed by atoms with Crippen LogP contribution in [0.1, 0.15) is 45.4 Å². The summed E-state index contributed by atoms with van der Waals surface area (Å²) >= 11 is 0. The maximum atomic E-state index is 10.9. The van der Waals surface area contributed by atoms with Crippen molar-refractivity contribution in [2.24, 2.45) is 5.92 Å². The molecule has 1 atom stereocenters. The zero-order valence-corrected chi connectivity index (χ0v) is 6.73. The van der Waals surface area contributed by atoms with Gasteiger partial charge in [-0.05, 0) is 18.8 Å². The van der Waals surface area contributed by atoms with Crippen molar-refractivity contribution >= 4 is 5.78 Å². The summed E-state index contributed by atoms with van der Waals surface area (Å²) in [7, 11) is 0. The van der Waals surface area contributed by atoms with Gasteiger partial charge in [0.1, 0.15) is 5.78 Å². The van der Waals surface area contributed by atoms with Crippen molar-refractivity contribution < 1.29 is 4.79 Å². The monoisotopic (exact) mass is 140 g/mol. The van der Waals surface area contributed by atoms with Gasteiger partial charge in [0, 0.05) is 12.8 Å². The fourth-order valence-corrected chi connectivity index (χ4v) is 1.63. The molecule has 10 heavy (non-hydrogen) atoms. The third-order valence-corrected chi connectivity index (χ3v) is 2.48. The van der Waals surface area contributed by atoms with E-state index < -0.39 is 0 Å². The summed E-state index contributed by atoms with van der Waals surface area (Å²) in [5.74, 6) is 1.32. The number of Topliss-reactive ketones (excluding diaryl/α,β-unsaturated/α-hetero) is 1. The number of hydrogen-bond acceptors (Lipinski definition) is 1. The van der Waals surface area contributed by atoms with Crippen molar-refractivity contribution in [2.75, 3.05) is 0 Å². The lowest BCUT2D eigenvalue weighted by Crippen LogP contribution is -1.96. The Bertz CT molecular complexity index is 118. The predicted octanol–water partition coefficient (Wildman–Crippen LogP) is 2.55. The summed E-state index contributed by atoms with van der Waals surface area (Å²) < 4.78 is 0. The SMILES string of the molecule is CCC1CCCC(=O)CC1. The molecule has 1 heteroatoms. The summed E-state index contributed by atoms with van der Waals surface area (Å²) in [4.78, 5) is 10.9. The molecular weight excluding hydrogens is 124 g/mol. The quantitative estimate of drug-likeness (QED) is 0.511. The number of carbonyl (C=O) groups is 1. The molecule has 0 heterocycles. The zero-order valence-electron chi connectivity index (χ0n) is 6.73. The smallest absolute Gasteiger partial charge is 0.132 e. The van der Waals surface area contributed by atoms with Gasteiger partial charge < -0.3 is 0 Å². The summed E-state index contributed by atoms with van der Waals surface area (Å²) in [5.41, 5.74) is 0. The van der Waals surface area contributed by atoms with Crippen LogP contribution in [0, 0.1) is 5.92 Å². The minimum atomic E-state index is 0.482. The first-order valence-corrected chi connectivity index (χ1v) is 4.34. The number of ketones is 1. The summed E-state index contributed by atoms with van der Waals surface area (Å²) in [6.45, 7) is 2.22. The Hall–Kier alpha value is -0.330. The molecule has 1 unspecified atom stereocenters. The van der Waals surface area contributed by atoms with Crippen molar-refractivity contribution in [3.8, 4) is 0 Å². The van der Waals surface area contributed by atoms with E-state index >= 15 is 0 Å². The van der Waals surface area contributed by atoms with Crippen molar-refractivity contribution in [3.05, 3.63) is 0 Å². The molecule has 0 aromatic rings. The van der Waals surface area contributed by atoms with E-state index in [1.54, 1.807) is 0 Å². The van der Waals surface area contributed by atoms with Gasteiger partial charge in [-0.3, -0.25) is 4.79 Å². The first-order chi connectivity index (χ1) is 4.83. The first-order valence-electron chi connectivity index (χ1n) is 4.34. The molecule has 0 aromatic carbocycles. The largest absolute Gasteiger partial charge is 0.300 e. The average molecular weight is 140 g/mol. The minimum Gasteiger partial charge on any atom is -0.300 e. The Labute approximate surface area is 62.8 Å². The fraction of sp³-hybridized carbons (Fsp3) is 0.889. The highest BCUT2D eigenvalue weighted by Crippen LogP contribution is 2.22. The third kappa shape index (κ3) is 2.13. The van der Waals surface area contributed by atoms with E-state index in [1.807, 2.05) is 0 Å². The van der Waals surface area contributed by atoms with Gasteiger partial charge in [0.15, 0.2) is 0 Å². The number of hydrogen-bond donors (Lipinski definition) is 0. The second-order valence-corrected chi connectivity index (χ2v) is 3.24. The summed E-state index contributed by atoms with van der Waals surface area (Å²) in [6.07, 6.45) is 6.51. The van der Waals surface area contributed by atoms with Gasteiger partial charge in [-0.25, -0.2) is 0 Å². The van der Waals surface area contributed by atoms with E-state index in [4.69, 9.17) is 0 Å². The van der Waals surface area contributed by atoms with E-state index in [2.05, 4.69) is 6.92 Å². The van der Waals surface area contributed by atoms with E-state index in [-0.39, 0.29) is 0 Å². The Kier molecular flexibility index (Phi) is 2.91. The molecule has 58 valence electrons. The molecule has 1 rings (SSSR count). The molecule has 0 amide bonds. The highest BCUT2D eigenvalue weighted by Gasteiger charge is 2.13. The van der Waals surface area contributed by atoms with E-state index in [0.717, 1.165) is 31.6 Å². The molecule has 1 aliphatic rings. The van der Waals surface area contributed by atoms with Gasteiger partial charge >= 0.3 is 0 Å². The molecule has 1 nitrogen and oxygen atoms in total. The van der Waals surface area contributed by atoms with Gasteiger partial charge in [0.25, 0.3) is 0 Å². The van der Waals surface area contributed by atoms with Crippen molar-refractivity contribution in [1.82, 2.24) is 0 Å². The van der Waals surface area contributed by atoms with Crippen LogP contribution in [-0.4, -0.2) is 5.78 Å². The molecule has 0 spiro atoms. The molecular formula is C9H16O. The molecule has 0 aliphatic heterocycles. The first kappa shape index (κ1) is 7.77. The Morgan fingerprint density at radius 1 is 1.40 bits per heavy atom. The van der Waals surface area contributed by atoms with Crippen LogP contribution < -0.4 is 0 Å². The maximum absolute atomic E-state index is 10.9. The third-order valence-electron chi connectivity index (χ3n) is 2.48. The molecule has 0 saturated heterocycles. The van der Waals surface area contributed by atoms with Crippen LogP contribution in [0.5, 0.6) is 0 Å². The zero-order chi connectivity index (χ0) is 7.40. The normalized spacial score (nSPS) is 28.1. The Morgan fingerprint density at radius 2 is 2.20 bits per heavy atom. The predicted molar refractivity (Wildman–Crippen MR) is 41.9 cm³/mol. The fourth-order valence-electron chi connectivity index (χ4n) is 1.63. The van der Waals surface area contributed by atoms with Crippen LogP contribution in [0.25, 0.3) is 0 Å². The van der Waals surface area contributed by atoms with Gasteiger partial charge in [0.2, 0.25) is 0 Å². The topological polar surface area (TPSA) is 17.1 Å². The minimum absolute atomic E-state index is 0.482. The molecule has 0 bridgehead atoms. The maximum Gasteiger partial charge on any atom is 0.132 e. The van der Waals surface area contributed by atoms with E-state index in [0.29, 0.717) is 5.78 Å². The van der Waals surface area contributed by atoms with Gasteiger partial charge in [-0.2, -0.15) is 0 Å². The molecule has 1 saturated carbocycles. The molecule has 1 aliphatic carbocycles. The van der Waals surface area contributed by atoms with Crippen molar-refractivity contribution in [2.45, 2.75) is 45.4 Å². The summed E-state index contributed by atoms with van der Waals surface area (Å²) in [5, 5.41) is 0. The van der Waals surface area contributed by atoms with Gasteiger partial charge in [-0.1, -0.05) is 19.8 Å². The van der Waals surface area contributed by atoms with Crippen molar-refractivity contribution in [1.29, 1.82) is 0 Å². The molecule has 0 radical (unpaired) electrons. The van der Waals surface area contributed by atoms with E-state index in [9.17, 15) is 4.79 Å². The lowest BCUT2D eigenvalue weighted by Gasteiger charge is -2.08. The Balaban J connectivity index is 2.33. The van der Waals surface area contributed by atoms with E-state index in [1.165, 1.54) is 12.8 Å². The van der Waals surface area contributed by atoms with Crippen LogP contribution in [0.2, 0.25) is 0 Å². The molecule has 0 N–H and O–H groups in total. The van der Waals surface area contributed by atoms with Crippen LogP contribution in [0.3, 0.4) is 0 Å². The molecule has 1 fully saturated rings. The van der Waals surface area contributed by atoms with Crippen LogP contribution in [-0.2, 0) is 4.79 Å². The van der Waals surface area contributed by atoms with Gasteiger partial charge in [-0.15, -0.1) is 0 Å². The Morgan fingerprint density at radius 3 is 2.90 bits per heavy atom. The lowest BCUT2D eigenvalue weighted by molar-refractivity contribution is -0.118.